The summed E-state index contributed by atoms with van der Waals surface area (Å²) in [6, 6.07) is 7.37. The highest BCUT2D eigenvalue weighted by molar-refractivity contribution is 7.92. The molecule has 0 bridgehead atoms. The Morgan fingerprint density at radius 1 is 1.20 bits per heavy atom. The van der Waals surface area contributed by atoms with Crippen molar-refractivity contribution in [1.29, 1.82) is 5.26 Å². The van der Waals surface area contributed by atoms with Crippen molar-refractivity contribution in [3.05, 3.63) is 70.6 Å². The molecule has 0 saturated carbocycles. The van der Waals surface area contributed by atoms with Gasteiger partial charge in [0.05, 0.1) is 21.7 Å². The first kappa shape index (κ1) is 21.5. The average Bonchev–Trinajstić information content (AvgIpc) is 2.62. The fourth-order valence-electron chi connectivity index (χ4n) is 2.66. The summed E-state index contributed by atoms with van der Waals surface area (Å²) >= 11 is 6.10. The molecule has 3 rings (SSSR count). The van der Waals surface area contributed by atoms with Gasteiger partial charge in [-0.05, 0) is 35.9 Å². The molecule has 1 atom stereocenters. The highest BCUT2D eigenvalue weighted by Crippen LogP contribution is 2.27. The van der Waals surface area contributed by atoms with Gasteiger partial charge in [-0.2, -0.15) is 5.26 Å². The summed E-state index contributed by atoms with van der Waals surface area (Å²) in [4.78, 5) is 7.79. The van der Waals surface area contributed by atoms with Crippen molar-refractivity contribution in [3.8, 4) is 17.5 Å². The van der Waals surface area contributed by atoms with Gasteiger partial charge in [-0.25, -0.2) is 27.3 Å². The monoisotopic (exact) mass is 451 g/mol. The zero-order chi connectivity index (χ0) is 21.9. The minimum absolute atomic E-state index is 0.0217. The lowest BCUT2D eigenvalue weighted by Gasteiger charge is -2.11. The fourth-order valence-corrected chi connectivity index (χ4v) is 3.94. The number of rotatable bonds is 5. The quantitative estimate of drug-likeness (QED) is 0.549. The van der Waals surface area contributed by atoms with Gasteiger partial charge in [-0.1, -0.05) is 11.6 Å². The second kappa shape index (κ2) is 8.69. The van der Waals surface area contributed by atoms with Gasteiger partial charge >= 0.3 is 0 Å². The van der Waals surface area contributed by atoms with Crippen molar-refractivity contribution >= 4 is 33.0 Å². The van der Waals surface area contributed by atoms with Crippen LogP contribution in [0.15, 0.2) is 47.0 Å². The standard InChI is InChI=1S/C19H13ClF3N5OS/c1-30(29,26-10-24)9-11-4-12(20)6-14(5-11)27-19-25-8-17(23)18(28-19)15-3-2-13(21)7-16(15)22/h2-8H,9H2,1H3,(H,25,27,28). The van der Waals surface area contributed by atoms with Gasteiger partial charge in [0.15, 0.2) is 5.82 Å². The number of nitriles is 1. The fraction of sp³-hybridized carbons (Fsp3) is 0.105. The number of halogens is 4. The number of hydrogen-bond acceptors (Lipinski definition) is 6. The van der Waals surface area contributed by atoms with Crippen LogP contribution < -0.4 is 5.32 Å². The zero-order valence-electron chi connectivity index (χ0n) is 15.4. The van der Waals surface area contributed by atoms with E-state index < -0.39 is 27.2 Å². The first-order chi connectivity index (χ1) is 14.2. The molecule has 0 spiro atoms. The van der Waals surface area contributed by atoms with E-state index in [2.05, 4.69) is 19.6 Å². The largest absolute Gasteiger partial charge is 0.324 e. The SMILES string of the molecule is CS(=O)(Cc1cc(Cl)cc(Nc2ncc(F)c(-c3ccc(F)cc3F)n2)c1)=NC#N. The van der Waals surface area contributed by atoms with Gasteiger partial charge in [-0.15, -0.1) is 4.36 Å². The van der Waals surface area contributed by atoms with Crippen LogP contribution in [0.25, 0.3) is 11.3 Å². The van der Waals surface area contributed by atoms with Gasteiger partial charge < -0.3 is 5.32 Å². The van der Waals surface area contributed by atoms with Crippen molar-refractivity contribution < 1.29 is 17.4 Å². The lowest BCUT2D eigenvalue weighted by molar-refractivity contribution is 0.580. The Morgan fingerprint density at radius 3 is 2.67 bits per heavy atom. The molecule has 0 radical (unpaired) electrons. The molecule has 1 N–H and O–H groups in total. The van der Waals surface area contributed by atoms with Crippen molar-refractivity contribution in [2.75, 3.05) is 11.6 Å². The molecule has 154 valence electrons. The van der Waals surface area contributed by atoms with Crippen molar-refractivity contribution in [2.24, 2.45) is 4.36 Å². The number of anilines is 2. The van der Waals surface area contributed by atoms with Crippen LogP contribution in [0.2, 0.25) is 5.02 Å². The second-order valence-electron chi connectivity index (χ2n) is 6.28. The van der Waals surface area contributed by atoms with Crippen LogP contribution in [-0.2, 0) is 15.5 Å². The molecule has 0 aliphatic carbocycles. The maximum atomic E-state index is 14.2. The third-order valence-electron chi connectivity index (χ3n) is 3.81. The lowest BCUT2D eigenvalue weighted by Crippen LogP contribution is -2.04. The average molecular weight is 452 g/mol. The molecule has 0 amide bonds. The van der Waals surface area contributed by atoms with E-state index in [1.807, 2.05) is 0 Å². The third kappa shape index (κ3) is 5.25. The van der Waals surface area contributed by atoms with Crippen LogP contribution in [0, 0.1) is 28.9 Å². The molecule has 0 saturated heterocycles. The molecule has 0 fully saturated rings. The summed E-state index contributed by atoms with van der Waals surface area (Å²) in [5.41, 5.74) is 0.344. The molecule has 30 heavy (non-hydrogen) atoms. The van der Waals surface area contributed by atoms with Gasteiger partial charge in [0, 0.05) is 28.6 Å². The normalized spacial score (nSPS) is 12.7. The van der Waals surface area contributed by atoms with Gasteiger partial charge in [0.2, 0.25) is 12.1 Å². The molecule has 0 aliphatic rings. The Bertz CT molecular complexity index is 1290. The van der Waals surface area contributed by atoms with Crippen LogP contribution in [-0.4, -0.2) is 20.4 Å². The number of hydrogen-bond donors (Lipinski definition) is 1. The maximum absolute atomic E-state index is 14.2. The minimum Gasteiger partial charge on any atom is -0.324 e. The predicted octanol–water partition coefficient (Wildman–Crippen LogP) is 5.04. The summed E-state index contributed by atoms with van der Waals surface area (Å²) in [5, 5.41) is 11.7. The van der Waals surface area contributed by atoms with Crippen LogP contribution in [0.3, 0.4) is 0 Å². The molecule has 1 unspecified atom stereocenters. The zero-order valence-corrected chi connectivity index (χ0v) is 16.9. The van der Waals surface area contributed by atoms with Crippen molar-refractivity contribution in [1.82, 2.24) is 9.97 Å². The first-order valence-corrected chi connectivity index (χ1v) is 10.8. The highest BCUT2D eigenvalue weighted by Gasteiger charge is 2.15. The summed E-state index contributed by atoms with van der Waals surface area (Å²) in [5.74, 6) is -2.75. The van der Waals surface area contributed by atoms with E-state index in [9.17, 15) is 17.4 Å². The van der Waals surface area contributed by atoms with Crippen LogP contribution in [0.4, 0.5) is 24.8 Å². The van der Waals surface area contributed by atoms with E-state index in [0.717, 1.165) is 18.3 Å². The molecule has 0 aliphatic heterocycles. The number of nitrogens with zero attached hydrogens (tertiary/aromatic N) is 4. The van der Waals surface area contributed by atoms with Crippen LogP contribution in [0.1, 0.15) is 5.56 Å². The van der Waals surface area contributed by atoms with Gasteiger partial charge in [-0.3, -0.25) is 0 Å². The highest BCUT2D eigenvalue weighted by atomic mass is 35.5. The molecule has 1 heterocycles. The smallest absolute Gasteiger partial charge is 0.227 e. The van der Waals surface area contributed by atoms with Crippen molar-refractivity contribution in [3.63, 3.8) is 0 Å². The molecule has 2 aromatic carbocycles. The number of nitrogens with one attached hydrogen (secondary N) is 1. The summed E-state index contributed by atoms with van der Waals surface area (Å²) < 4.78 is 57.0. The van der Waals surface area contributed by atoms with E-state index in [4.69, 9.17) is 16.9 Å². The van der Waals surface area contributed by atoms with Crippen LogP contribution in [0.5, 0.6) is 0 Å². The van der Waals surface area contributed by atoms with Crippen molar-refractivity contribution in [2.45, 2.75) is 5.75 Å². The van der Waals surface area contributed by atoms with E-state index >= 15 is 0 Å². The summed E-state index contributed by atoms with van der Waals surface area (Å²) in [7, 11) is -2.77. The summed E-state index contributed by atoms with van der Waals surface area (Å²) in [6.45, 7) is 0. The van der Waals surface area contributed by atoms with Gasteiger partial charge in [0.25, 0.3) is 0 Å². The maximum Gasteiger partial charge on any atom is 0.227 e. The second-order valence-corrected chi connectivity index (χ2v) is 9.11. The predicted molar refractivity (Wildman–Crippen MR) is 108 cm³/mol. The summed E-state index contributed by atoms with van der Waals surface area (Å²) in [6.07, 6.45) is 3.72. The minimum atomic E-state index is -2.77. The van der Waals surface area contributed by atoms with Crippen LogP contribution >= 0.6 is 11.6 Å². The van der Waals surface area contributed by atoms with E-state index in [0.29, 0.717) is 22.3 Å². The van der Waals surface area contributed by atoms with E-state index in [1.165, 1.54) is 18.5 Å². The first-order valence-electron chi connectivity index (χ1n) is 8.29. The molecule has 6 nitrogen and oxygen atoms in total. The molecule has 1 aromatic heterocycles. The Hall–Kier alpha value is -3.16. The molecular weight excluding hydrogens is 439 g/mol. The lowest BCUT2D eigenvalue weighted by atomic mass is 10.1. The molecular formula is C19H13ClF3N5OS. The number of benzene rings is 2. The van der Waals surface area contributed by atoms with E-state index in [1.54, 1.807) is 12.1 Å². The third-order valence-corrected chi connectivity index (χ3v) is 5.37. The Kier molecular flexibility index (Phi) is 6.24. The Morgan fingerprint density at radius 2 is 1.97 bits per heavy atom. The number of aromatic nitrogens is 2. The Balaban J connectivity index is 1.95. The topological polar surface area (TPSA) is 91.0 Å². The van der Waals surface area contributed by atoms with Gasteiger partial charge in [0.1, 0.15) is 17.3 Å². The van der Waals surface area contributed by atoms with E-state index in [-0.39, 0.29) is 23.0 Å². The molecule has 3 aromatic rings. The molecule has 11 heteroatoms. The Labute approximate surface area is 175 Å².